The molecule has 1 aromatic carbocycles. The molecule has 5 heteroatoms. The zero-order chi connectivity index (χ0) is 14.0. The Balaban J connectivity index is 2.20. The molecule has 0 aliphatic heterocycles. The molecule has 2 N–H and O–H groups in total. The Morgan fingerprint density at radius 3 is 2.74 bits per heavy atom. The number of nitrogens with zero attached hydrogens (tertiary/aromatic N) is 2. The van der Waals surface area contributed by atoms with E-state index in [4.69, 9.17) is 17.3 Å². The molecule has 0 amide bonds. The number of aryl methyl sites for hydroxylation is 2. The average molecular weight is 343 g/mol. The van der Waals surface area contributed by atoms with E-state index in [0.29, 0.717) is 5.02 Å². The molecular weight excluding hydrogens is 326 g/mol. The summed E-state index contributed by atoms with van der Waals surface area (Å²) in [5.41, 5.74) is 9.58. The number of rotatable bonds is 4. The van der Waals surface area contributed by atoms with Gasteiger partial charge in [-0.15, -0.1) is 0 Å². The van der Waals surface area contributed by atoms with Crippen LogP contribution in [-0.4, -0.2) is 9.78 Å². The Morgan fingerprint density at radius 2 is 2.16 bits per heavy atom. The normalized spacial score (nSPS) is 12.7. The smallest absolute Gasteiger partial charge is 0.0624 e. The van der Waals surface area contributed by atoms with E-state index in [1.54, 1.807) is 0 Å². The van der Waals surface area contributed by atoms with Gasteiger partial charge in [0.2, 0.25) is 0 Å². The van der Waals surface area contributed by atoms with E-state index < -0.39 is 0 Å². The van der Waals surface area contributed by atoms with E-state index in [1.807, 2.05) is 29.9 Å². The summed E-state index contributed by atoms with van der Waals surface area (Å²) in [5, 5.41) is 5.15. The summed E-state index contributed by atoms with van der Waals surface area (Å²) in [5.74, 6) is 0. The predicted molar refractivity (Wildman–Crippen MR) is 82.4 cm³/mol. The summed E-state index contributed by atoms with van der Waals surface area (Å²) in [6.45, 7) is 2.10. The minimum atomic E-state index is -0.0771. The monoisotopic (exact) mass is 341 g/mol. The molecule has 0 aliphatic carbocycles. The van der Waals surface area contributed by atoms with Crippen molar-refractivity contribution in [2.24, 2.45) is 12.8 Å². The third-order valence-electron chi connectivity index (χ3n) is 3.18. The second kappa shape index (κ2) is 6.07. The summed E-state index contributed by atoms with van der Waals surface area (Å²) in [4.78, 5) is 0. The van der Waals surface area contributed by atoms with E-state index >= 15 is 0 Å². The molecule has 0 spiro atoms. The lowest BCUT2D eigenvalue weighted by Crippen LogP contribution is -2.15. The minimum absolute atomic E-state index is 0.0771. The van der Waals surface area contributed by atoms with Crippen LogP contribution in [0.1, 0.15) is 29.9 Å². The van der Waals surface area contributed by atoms with Crippen LogP contribution in [-0.2, 0) is 19.9 Å². The van der Waals surface area contributed by atoms with Crippen LogP contribution in [0.4, 0.5) is 0 Å². The lowest BCUT2D eigenvalue weighted by atomic mass is 10.0. The molecule has 2 rings (SSSR count). The summed E-state index contributed by atoms with van der Waals surface area (Å²) >= 11 is 9.46. The van der Waals surface area contributed by atoms with Crippen molar-refractivity contribution in [2.75, 3.05) is 0 Å². The molecular formula is C14H17BrClN3. The minimum Gasteiger partial charge on any atom is -0.324 e. The van der Waals surface area contributed by atoms with Gasteiger partial charge in [-0.05, 0) is 30.2 Å². The Morgan fingerprint density at radius 1 is 1.42 bits per heavy atom. The quantitative estimate of drug-likeness (QED) is 0.922. The molecule has 0 aliphatic rings. The van der Waals surface area contributed by atoms with Crippen molar-refractivity contribution in [3.05, 3.63) is 50.7 Å². The van der Waals surface area contributed by atoms with E-state index in [9.17, 15) is 0 Å². The lowest BCUT2D eigenvalue weighted by molar-refractivity contribution is 0.637. The third-order valence-corrected chi connectivity index (χ3v) is 4.10. The van der Waals surface area contributed by atoms with Crippen molar-refractivity contribution >= 4 is 27.5 Å². The fourth-order valence-electron chi connectivity index (χ4n) is 2.07. The van der Waals surface area contributed by atoms with E-state index in [-0.39, 0.29) is 6.04 Å². The number of nitrogens with two attached hydrogens (primary N) is 1. The SMILES string of the molecule is CCc1cc(CC(N)c2ccc(Cl)cc2Br)n(C)n1. The molecule has 2 aromatic rings. The molecule has 1 unspecified atom stereocenters. The van der Waals surface area contributed by atoms with Crippen molar-refractivity contribution < 1.29 is 0 Å². The zero-order valence-corrected chi connectivity index (χ0v) is 13.4. The molecule has 3 nitrogen and oxygen atoms in total. The van der Waals surface area contributed by atoms with Crippen LogP contribution in [0, 0.1) is 0 Å². The van der Waals surface area contributed by atoms with Crippen molar-refractivity contribution in [1.29, 1.82) is 0 Å². The standard InChI is InChI=1S/C14H17BrClN3/c1-3-10-7-11(19(2)18-10)8-14(17)12-5-4-9(16)6-13(12)15/h4-7,14H,3,8,17H2,1-2H3. The summed E-state index contributed by atoms with van der Waals surface area (Å²) < 4.78 is 2.85. The first kappa shape index (κ1) is 14.6. The molecule has 102 valence electrons. The van der Waals surface area contributed by atoms with E-state index in [2.05, 4.69) is 34.0 Å². The first-order valence-electron chi connectivity index (χ1n) is 6.23. The molecule has 1 heterocycles. The zero-order valence-electron chi connectivity index (χ0n) is 11.0. The molecule has 0 saturated heterocycles. The second-order valence-electron chi connectivity index (χ2n) is 4.58. The van der Waals surface area contributed by atoms with Crippen LogP contribution in [0.15, 0.2) is 28.7 Å². The van der Waals surface area contributed by atoms with Gasteiger partial charge >= 0.3 is 0 Å². The molecule has 0 bridgehead atoms. The first-order valence-corrected chi connectivity index (χ1v) is 7.40. The van der Waals surface area contributed by atoms with Gasteiger partial charge in [-0.25, -0.2) is 0 Å². The fourth-order valence-corrected chi connectivity index (χ4v) is 3.05. The van der Waals surface area contributed by atoms with Crippen molar-refractivity contribution in [3.8, 4) is 0 Å². The van der Waals surface area contributed by atoms with Gasteiger partial charge in [0, 0.05) is 34.7 Å². The highest BCUT2D eigenvalue weighted by Crippen LogP contribution is 2.27. The van der Waals surface area contributed by atoms with Crippen molar-refractivity contribution in [1.82, 2.24) is 9.78 Å². The number of hydrogen-bond donors (Lipinski definition) is 1. The van der Waals surface area contributed by atoms with Gasteiger partial charge in [0.1, 0.15) is 0 Å². The molecule has 1 aromatic heterocycles. The van der Waals surface area contributed by atoms with Gasteiger partial charge < -0.3 is 5.73 Å². The van der Waals surface area contributed by atoms with Gasteiger partial charge in [-0.1, -0.05) is 40.5 Å². The van der Waals surface area contributed by atoms with Gasteiger partial charge in [-0.3, -0.25) is 4.68 Å². The van der Waals surface area contributed by atoms with Gasteiger partial charge in [0.25, 0.3) is 0 Å². The highest BCUT2D eigenvalue weighted by Gasteiger charge is 2.14. The van der Waals surface area contributed by atoms with Crippen LogP contribution >= 0.6 is 27.5 Å². The summed E-state index contributed by atoms with van der Waals surface area (Å²) in [6.07, 6.45) is 1.69. The summed E-state index contributed by atoms with van der Waals surface area (Å²) in [7, 11) is 1.96. The molecule has 0 fully saturated rings. The van der Waals surface area contributed by atoms with Crippen LogP contribution in [0.3, 0.4) is 0 Å². The largest absolute Gasteiger partial charge is 0.324 e. The Kier molecular flexibility index (Phi) is 4.66. The number of aromatic nitrogens is 2. The van der Waals surface area contributed by atoms with Crippen LogP contribution in [0.25, 0.3) is 0 Å². The van der Waals surface area contributed by atoms with E-state index in [0.717, 1.165) is 34.3 Å². The third kappa shape index (κ3) is 3.38. The maximum absolute atomic E-state index is 6.28. The lowest BCUT2D eigenvalue weighted by Gasteiger charge is -2.14. The maximum Gasteiger partial charge on any atom is 0.0624 e. The fraction of sp³-hybridized carbons (Fsp3) is 0.357. The van der Waals surface area contributed by atoms with Crippen LogP contribution in [0.5, 0.6) is 0 Å². The van der Waals surface area contributed by atoms with Gasteiger partial charge in [-0.2, -0.15) is 5.10 Å². The Labute approximate surface area is 126 Å². The topological polar surface area (TPSA) is 43.8 Å². The number of benzene rings is 1. The Hall–Kier alpha value is -0.840. The Bertz CT molecular complexity index is 580. The first-order chi connectivity index (χ1) is 9.01. The second-order valence-corrected chi connectivity index (χ2v) is 5.87. The highest BCUT2D eigenvalue weighted by molar-refractivity contribution is 9.10. The molecule has 0 saturated carbocycles. The molecule has 1 atom stereocenters. The number of hydrogen-bond acceptors (Lipinski definition) is 2. The van der Waals surface area contributed by atoms with Gasteiger partial charge in [0.15, 0.2) is 0 Å². The van der Waals surface area contributed by atoms with E-state index in [1.165, 1.54) is 0 Å². The highest BCUT2D eigenvalue weighted by atomic mass is 79.9. The maximum atomic E-state index is 6.28. The number of halogens is 2. The van der Waals surface area contributed by atoms with Crippen molar-refractivity contribution in [2.45, 2.75) is 25.8 Å². The van der Waals surface area contributed by atoms with Crippen LogP contribution in [0.2, 0.25) is 5.02 Å². The van der Waals surface area contributed by atoms with Gasteiger partial charge in [0.05, 0.1) is 5.69 Å². The predicted octanol–water partition coefficient (Wildman–Crippen LogP) is 3.64. The van der Waals surface area contributed by atoms with Crippen LogP contribution < -0.4 is 5.73 Å². The molecule has 19 heavy (non-hydrogen) atoms. The van der Waals surface area contributed by atoms with Crippen molar-refractivity contribution in [3.63, 3.8) is 0 Å². The average Bonchev–Trinajstić information content (AvgIpc) is 2.70. The summed E-state index contributed by atoms with van der Waals surface area (Å²) in [6, 6.07) is 7.74. The molecule has 0 radical (unpaired) electrons.